The van der Waals surface area contributed by atoms with Crippen molar-refractivity contribution in [2.45, 2.75) is 31.9 Å². The molecule has 1 aliphatic heterocycles. The molecule has 0 bridgehead atoms. The summed E-state index contributed by atoms with van der Waals surface area (Å²) in [7, 11) is 0. The molecule has 1 aromatic heterocycles. The van der Waals surface area contributed by atoms with Crippen LogP contribution in [0.4, 0.5) is 0 Å². The van der Waals surface area contributed by atoms with Crippen LogP contribution in [0.1, 0.15) is 25.3 Å². The quantitative estimate of drug-likeness (QED) is 0.805. The lowest BCUT2D eigenvalue weighted by Crippen LogP contribution is -2.45. The number of hydrogen-bond acceptors (Lipinski definition) is 3. The molecule has 1 fully saturated rings. The summed E-state index contributed by atoms with van der Waals surface area (Å²) >= 11 is 5.74. The molecular formula is C12H17ClN2O. The first kappa shape index (κ1) is 11.8. The van der Waals surface area contributed by atoms with E-state index in [0.29, 0.717) is 5.15 Å². The van der Waals surface area contributed by atoms with Crippen LogP contribution in [0.2, 0.25) is 5.15 Å². The van der Waals surface area contributed by atoms with Crippen molar-refractivity contribution >= 4 is 11.6 Å². The van der Waals surface area contributed by atoms with E-state index >= 15 is 0 Å². The molecule has 0 radical (unpaired) electrons. The van der Waals surface area contributed by atoms with E-state index in [0.717, 1.165) is 38.0 Å². The molecule has 0 aliphatic carbocycles. The molecule has 2 heterocycles. The Morgan fingerprint density at radius 2 is 2.38 bits per heavy atom. The largest absolute Gasteiger partial charge is 0.389 e. The molecule has 0 amide bonds. The molecule has 1 aliphatic rings. The van der Waals surface area contributed by atoms with Crippen LogP contribution in [-0.4, -0.2) is 33.7 Å². The minimum atomic E-state index is -0.544. The van der Waals surface area contributed by atoms with Gasteiger partial charge in [0.2, 0.25) is 0 Å². The van der Waals surface area contributed by atoms with Crippen LogP contribution in [-0.2, 0) is 6.54 Å². The number of nitrogens with zero attached hydrogens (tertiary/aromatic N) is 2. The second-order valence-electron chi connectivity index (χ2n) is 4.80. The second-order valence-corrected chi connectivity index (χ2v) is 5.19. The van der Waals surface area contributed by atoms with E-state index < -0.39 is 5.60 Å². The average molecular weight is 241 g/mol. The van der Waals surface area contributed by atoms with Crippen LogP contribution >= 0.6 is 11.6 Å². The minimum absolute atomic E-state index is 0.523. The van der Waals surface area contributed by atoms with E-state index in [4.69, 9.17) is 11.6 Å². The van der Waals surface area contributed by atoms with Gasteiger partial charge in [-0.15, -0.1) is 0 Å². The third-order valence-electron chi connectivity index (χ3n) is 2.95. The average Bonchev–Trinajstić information content (AvgIpc) is 2.20. The number of β-amino-alcohol motifs (C(OH)–C–C–N with tert-alkyl or cyclic N) is 1. The van der Waals surface area contributed by atoms with Gasteiger partial charge in [0.25, 0.3) is 0 Å². The summed E-state index contributed by atoms with van der Waals surface area (Å²) in [4.78, 5) is 6.32. The Hall–Kier alpha value is -0.640. The highest BCUT2D eigenvalue weighted by atomic mass is 35.5. The number of likely N-dealkylation sites (tertiary alicyclic amines) is 1. The zero-order chi connectivity index (χ0) is 11.6. The van der Waals surface area contributed by atoms with Gasteiger partial charge in [0, 0.05) is 19.3 Å². The maximum atomic E-state index is 9.99. The number of rotatable bonds is 2. The Kier molecular flexibility index (Phi) is 3.47. The maximum Gasteiger partial charge on any atom is 0.129 e. The fourth-order valence-electron chi connectivity index (χ4n) is 2.22. The van der Waals surface area contributed by atoms with Gasteiger partial charge in [0.1, 0.15) is 5.15 Å². The number of pyridine rings is 1. The zero-order valence-corrected chi connectivity index (χ0v) is 10.2. The van der Waals surface area contributed by atoms with E-state index in [1.54, 1.807) is 12.3 Å². The Bertz CT molecular complexity index is 351. The predicted octanol–water partition coefficient (Wildman–Crippen LogP) is 2.08. The zero-order valence-electron chi connectivity index (χ0n) is 9.49. The number of aliphatic hydroxyl groups is 1. The van der Waals surface area contributed by atoms with Gasteiger partial charge < -0.3 is 5.11 Å². The van der Waals surface area contributed by atoms with Crippen LogP contribution in [0.3, 0.4) is 0 Å². The number of halogens is 1. The highest BCUT2D eigenvalue weighted by Gasteiger charge is 2.28. The molecule has 4 heteroatoms. The van der Waals surface area contributed by atoms with Crippen molar-refractivity contribution in [2.24, 2.45) is 0 Å². The Labute approximate surface area is 101 Å². The molecule has 88 valence electrons. The van der Waals surface area contributed by atoms with Gasteiger partial charge in [-0.05, 0) is 37.9 Å². The first-order chi connectivity index (χ1) is 7.55. The topological polar surface area (TPSA) is 36.4 Å². The first-order valence-electron chi connectivity index (χ1n) is 5.60. The van der Waals surface area contributed by atoms with E-state index in [1.807, 2.05) is 13.0 Å². The number of aromatic nitrogens is 1. The lowest BCUT2D eigenvalue weighted by molar-refractivity contribution is -0.0181. The monoisotopic (exact) mass is 240 g/mol. The van der Waals surface area contributed by atoms with Crippen LogP contribution in [0.5, 0.6) is 0 Å². The summed E-state index contributed by atoms with van der Waals surface area (Å²) in [6.45, 7) is 4.51. The summed E-state index contributed by atoms with van der Waals surface area (Å²) < 4.78 is 0. The van der Waals surface area contributed by atoms with Gasteiger partial charge in [-0.2, -0.15) is 0 Å². The molecule has 2 rings (SSSR count). The highest BCUT2D eigenvalue weighted by molar-refractivity contribution is 6.29. The van der Waals surface area contributed by atoms with Crippen LogP contribution in [0, 0.1) is 0 Å². The van der Waals surface area contributed by atoms with Gasteiger partial charge >= 0.3 is 0 Å². The van der Waals surface area contributed by atoms with Crippen molar-refractivity contribution in [3.63, 3.8) is 0 Å². The summed E-state index contributed by atoms with van der Waals surface area (Å²) in [5.41, 5.74) is 0.597. The van der Waals surface area contributed by atoms with Crippen LogP contribution in [0.15, 0.2) is 18.3 Å². The van der Waals surface area contributed by atoms with Crippen LogP contribution in [0.25, 0.3) is 0 Å². The maximum absolute atomic E-state index is 9.99. The minimum Gasteiger partial charge on any atom is -0.389 e. The second kappa shape index (κ2) is 4.70. The van der Waals surface area contributed by atoms with Gasteiger partial charge in [-0.25, -0.2) is 4.98 Å². The van der Waals surface area contributed by atoms with Crippen molar-refractivity contribution < 1.29 is 5.11 Å². The van der Waals surface area contributed by atoms with E-state index in [2.05, 4.69) is 9.88 Å². The molecule has 1 unspecified atom stereocenters. The van der Waals surface area contributed by atoms with Crippen LogP contribution < -0.4 is 0 Å². The summed E-state index contributed by atoms with van der Waals surface area (Å²) in [5.74, 6) is 0. The Morgan fingerprint density at radius 1 is 1.56 bits per heavy atom. The van der Waals surface area contributed by atoms with Crippen molar-refractivity contribution in [1.82, 2.24) is 9.88 Å². The molecule has 16 heavy (non-hydrogen) atoms. The SMILES string of the molecule is CC1(O)CCCN(Cc2ccc(Cl)nc2)C1. The van der Waals surface area contributed by atoms with E-state index in [-0.39, 0.29) is 0 Å². The fraction of sp³-hybridized carbons (Fsp3) is 0.583. The molecule has 1 saturated heterocycles. The molecule has 3 nitrogen and oxygen atoms in total. The Balaban J connectivity index is 1.97. The Morgan fingerprint density at radius 3 is 3.00 bits per heavy atom. The van der Waals surface area contributed by atoms with Gasteiger partial charge in [-0.3, -0.25) is 4.90 Å². The molecular weight excluding hydrogens is 224 g/mol. The van der Waals surface area contributed by atoms with Crippen molar-refractivity contribution in [2.75, 3.05) is 13.1 Å². The smallest absolute Gasteiger partial charge is 0.129 e. The highest BCUT2D eigenvalue weighted by Crippen LogP contribution is 2.21. The van der Waals surface area contributed by atoms with Gasteiger partial charge in [0.15, 0.2) is 0 Å². The summed E-state index contributed by atoms with van der Waals surface area (Å²) in [5, 5.41) is 10.5. The lowest BCUT2D eigenvalue weighted by Gasteiger charge is -2.36. The van der Waals surface area contributed by atoms with Crippen molar-refractivity contribution in [3.8, 4) is 0 Å². The fourth-order valence-corrected chi connectivity index (χ4v) is 2.33. The molecule has 0 saturated carbocycles. The number of piperidine rings is 1. The predicted molar refractivity (Wildman–Crippen MR) is 64.4 cm³/mol. The third kappa shape index (κ3) is 3.17. The van der Waals surface area contributed by atoms with E-state index in [1.165, 1.54) is 0 Å². The normalized spacial score (nSPS) is 26.9. The molecule has 0 aromatic carbocycles. The van der Waals surface area contributed by atoms with Gasteiger partial charge in [0.05, 0.1) is 5.60 Å². The summed E-state index contributed by atoms with van der Waals surface area (Å²) in [6, 6.07) is 3.79. The molecule has 1 N–H and O–H groups in total. The molecule has 0 spiro atoms. The number of hydrogen-bond donors (Lipinski definition) is 1. The first-order valence-corrected chi connectivity index (χ1v) is 5.98. The van der Waals surface area contributed by atoms with Crippen molar-refractivity contribution in [3.05, 3.63) is 29.0 Å². The molecule has 1 atom stereocenters. The van der Waals surface area contributed by atoms with E-state index in [9.17, 15) is 5.11 Å². The third-order valence-corrected chi connectivity index (χ3v) is 3.17. The standard InChI is InChI=1S/C12H17ClN2O/c1-12(16)5-2-6-15(9-12)8-10-3-4-11(13)14-7-10/h3-4,7,16H,2,5-6,8-9H2,1H3. The van der Waals surface area contributed by atoms with Gasteiger partial charge in [-0.1, -0.05) is 17.7 Å². The lowest BCUT2D eigenvalue weighted by atomic mass is 9.95. The summed E-state index contributed by atoms with van der Waals surface area (Å²) in [6.07, 6.45) is 3.74. The van der Waals surface area contributed by atoms with Crippen molar-refractivity contribution in [1.29, 1.82) is 0 Å². The molecule has 1 aromatic rings.